The number of amidine groups is 1. The molecule has 2 aliphatic rings. The third kappa shape index (κ3) is 1.14. The summed E-state index contributed by atoms with van der Waals surface area (Å²) in [5.74, 6) is 1.00. The topological polar surface area (TPSA) is 24.4 Å². The minimum atomic E-state index is 0.321. The average Bonchev–Trinajstić information content (AvgIpc) is 2.17. The van der Waals surface area contributed by atoms with Crippen LogP contribution in [0.15, 0.2) is 28.2 Å². The first-order chi connectivity index (χ1) is 5.36. The fourth-order valence-corrected chi connectivity index (χ4v) is 1.37. The lowest BCUT2D eigenvalue weighted by atomic mass is 10.1. The molecule has 0 radical (unpaired) electrons. The van der Waals surface area contributed by atoms with Crippen LogP contribution < -0.4 is 5.32 Å². The molecule has 0 aromatic rings. The molecule has 2 heteroatoms. The fourth-order valence-electron chi connectivity index (χ4n) is 1.37. The van der Waals surface area contributed by atoms with Gasteiger partial charge in [-0.05, 0) is 31.6 Å². The molecule has 0 amide bonds. The standard InChI is InChI=1S/C9H10N2/c1-7-10-8-5-3-2-4-6-9(8)11-7/h2,8H,3,5H2,1H3,(H,10,11). The lowest BCUT2D eigenvalue weighted by molar-refractivity contribution is 0.714. The summed E-state index contributed by atoms with van der Waals surface area (Å²) in [6, 6.07) is 0.321. The number of nitrogens with one attached hydrogen (secondary N) is 1. The molecule has 1 aliphatic heterocycles. The van der Waals surface area contributed by atoms with Crippen molar-refractivity contribution >= 4 is 5.84 Å². The van der Waals surface area contributed by atoms with Gasteiger partial charge < -0.3 is 5.32 Å². The van der Waals surface area contributed by atoms with E-state index in [1.807, 2.05) is 13.0 Å². The van der Waals surface area contributed by atoms with E-state index in [0.29, 0.717) is 6.04 Å². The van der Waals surface area contributed by atoms with Gasteiger partial charge in [0.05, 0.1) is 11.5 Å². The number of fused-ring (bicyclic) bond motifs is 1. The molecule has 1 atom stereocenters. The molecule has 56 valence electrons. The number of hydrogen-bond acceptors (Lipinski definition) is 2. The van der Waals surface area contributed by atoms with Gasteiger partial charge in [-0.2, -0.15) is 0 Å². The van der Waals surface area contributed by atoms with Crippen LogP contribution in [0.2, 0.25) is 0 Å². The minimum Gasteiger partial charge on any atom is -0.339 e. The zero-order valence-electron chi connectivity index (χ0n) is 6.52. The van der Waals surface area contributed by atoms with Gasteiger partial charge in [-0.25, -0.2) is 0 Å². The van der Waals surface area contributed by atoms with Crippen LogP contribution in [0.4, 0.5) is 0 Å². The highest BCUT2D eigenvalue weighted by molar-refractivity contribution is 5.84. The lowest BCUT2D eigenvalue weighted by Gasteiger charge is -2.02. The van der Waals surface area contributed by atoms with E-state index >= 15 is 0 Å². The first-order valence-electron chi connectivity index (χ1n) is 3.88. The molecule has 1 unspecified atom stereocenters. The van der Waals surface area contributed by atoms with Crippen molar-refractivity contribution in [2.75, 3.05) is 0 Å². The number of rotatable bonds is 0. The number of allylic oxidation sites excluding steroid dienone is 1. The van der Waals surface area contributed by atoms with Gasteiger partial charge in [0.2, 0.25) is 0 Å². The Morgan fingerprint density at radius 2 is 2.64 bits per heavy atom. The highest BCUT2D eigenvalue weighted by atomic mass is 15.1. The van der Waals surface area contributed by atoms with Crippen molar-refractivity contribution in [2.45, 2.75) is 25.8 Å². The van der Waals surface area contributed by atoms with Gasteiger partial charge in [-0.3, -0.25) is 4.99 Å². The molecule has 0 fully saturated rings. The molecule has 0 saturated heterocycles. The Hall–Kier alpha value is -1.23. The van der Waals surface area contributed by atoms with E-state index < -0.39 is 0 Å². The maximum absolute atomic E-state index is 4.42. The third-order valence-corrected chi connectivity index (χ3v) is 1.89. The van der Waals surface area contributed by atoms with E-state index in [4.69, 9.17) is 0 Å². The van der Waals surface area contributed by atoms with Gasteiger partial charge in [-0.15, -0.1) is 0 Å². The molecule has 2 nitrogen and oxygen atoms in total. The van der Waals surface area contributed by atoms with E-state index in [2.05, 4.69) is 21.8 Å². The number of hydrogen-bond donors (Lipinski definition) is 1. The molecule has 0 aromatic carbocycles. The maximum Gasteiger partial charge on any atom is 0.100 e. The summed E-state index contributed by atoms with van der Waals surface area (Å²) in [7, 11) is 0. The van der Waals surface area contributed by atoms with Crippen molar-refractivity contribution in [3.8, 4) is 0 Å². The van der Waals surface area contributed by atoms with Crippen LogP contribution in [0.1, 0.15) is 19.8 Å². The van der Waals surface area contributed by atoms with Crippen LogP contribution in [-0.2, 0) is 0 Å². The molecule has 0 spiro atoms. The monoisotopic (exact) mass is 146 g/mol. The Balaban J connectivity index is 2.40. The Labute approximate surface area is 66.0 Å². The maximum atomic E-state index is 4.42. The second kappa shape index (κ2) is 2.43. The molecular weight excluding hydrogens is 136 g/mol. The smallest absolute Gasteiger partial charge is 0.100 e. The molecule has 11 heavy (non-hydrogen) atoms. The largest absolute Gasteiger partial charge is 0.339 e. The number of nitrogens with zero attached hydrogens (tertiary/aromatic N) is 1. The van der Waals surface area contributed by atoms with Gasteiger partial charge in [-0.1, -0.05) is 5.73 Å². The second-order valence-corrected chi connectivity index (χ2v) is 2.82. The average molecular weight is 146 g/mol. The first-order valence-corrected chi connectivity index (χ1v) is 3.88. The Morgan fingerprint density at radius 1 is 1.73 bits per heavy atom. The first kappa shape index (κ1) is 6.48. The Bertz CT molecular complexity index is 300. The summed E-state index contributed by atoms with van der Waals surface area (Å²) in [5.41, 5.74) is 7.13. The van der Waals surface area contributed by atoms with Crippen LogP contribution >= 0.6 is 0 Å². The molecule has 0 aromatic heterocycles. The molecule has 0 saturated carbocycles. The van der Waals surface area contributed by atoms with Crippen molar-refractivity contribution in [2.24, 2.45) is 4.99 Å². The summed E-state index contributed by atoms with van der Waals surface area (Å²) in [6.45, 7) is 1.98. The molecule has 1 aliphatic carbocycles. The van der Waals surface area contributed by atoms with Crippen molar-refractivity contribution < 1.29 is 0 Å². The SMILES string of the molecule is CC1=NC2CCC=C=C=C2N1. The molecule has 0 bridgehead atoms. The van der Waals surface area contributed by atoms with Crippen LogP contribution in [0.3, 0.4) is 0 Å². The quantitative estimate of drug-likeness (QED) is 0.513. The fraction of sp³-hybridized carbons (Fsp3) is 0.444. The van der Waals surface area contributed by atoms with Crippen LogP contribution in [0.25, 0.3) is 0 Å². The summed E-state index contributed by atoms with van der Waals surface area (Å²) in [5, 5.41) is 3.17. The highest BCUT2D eigenvalue weighted by Gasteiger charge is 2.19. The zero-order chi connectivity index (χ0) is 7.68. The number of aliphatic imine (C=N–C) groups is 1. The molecule has 1 heterocycles. The van der Waals surface area contributed by atoms with Gasteiger partial charge in [0.25, 0.3) is 0 Å². The van der Waals surface area contributed by atoms with Crippen molar-refractivity contribution in [1.29, 1.82) is 0 Å². The van der Waals surface area contributed by atoms with E-state index in [0.717, 1.165) is 24.4 Å². The highest BCUT2D eigenvalue weighted by Crippen LogP contribution is 2.16. The van der Waals surface area contributed by atoms with Gasteiger partial charge in [0.15, 0.2) is 0 Å². The second-order valence-electron chi connectivity index (χ2n) is 2.82. The Morgan fingerprint density at radius 3 is 3.55 bits per heavy atom. The van der Waals surface area contributed by atoms with Crippen LogP contribution in [0, 0.1) is 0 Å². The zero-order valence-corrected chi connectivity index (χ0v) is 6.52. The Kier molecular flexibility index (Phi) is 1.43. The third-order valence-electron chi connectivity index (χ3n) is 1.89. The van der Waals surface area contributed by atoms with Crippen molar-refractivity contribution in [1.82, 2.24) is 5.32 Å². The van der Waals surface area contributed by atoms with E-state index in [1.165, 1.54) is 0 Å². The van der Waals surface area contributed by atoms with Crippen molar-refractivity contribution in [3.05, 3.63) is 23.2 Å². The van der Waals surface area contributed by atoms with Gasteiger partial charge in [0, 0.05) is 0 Å². The summed E-state index contributed by atoms with van der Waals surface area (Å²) < 4.78 is 0. The normalized spacial score (nSPS) is 26.8. The van der Waals surface area contributed by atoms with Gasteiger partial charge in [0.1, 0.15) is 6.04 Å². The van der Waals surface area contributed by atoms with Crippen LogP contribution in [-0.4, -0.2) is 11.9 Å². The molecular formula is C9H10N2. The van der Waals surface area contributed by atoms with E-state index in [-0.39, 0.29) is 0 Å². The van der Waals surface area contributed by atoms with E-state index in [1.54, 1.807) is 0 Å². The summed E-state index contributed by atoms with van der Waals surface area (Å²) >= 11 is 0. The predicted octanol–water partition coefficient (Wildman–Crippen LogP) is 1.36. The molecule has 1 N–H and O–H groups in total. The van der Waals surface area contributed by atoms with Gasteiger partial charge >= 0.3 is 0 Å². The lowest BCUT2D eigenvalue weighted by Crippen LogP contribution is -2.15. The molecule has 2 rings (SSSR count). The van der Waals surface area contributed by atoms with Crippen molar-refractivity contribution in [3.63, 3.8) is 0 Å². The minimum absolute atomic E-state index is 0.321. The predicted molar refractivity (Wildman–Crippen MR) is 44.4 cm³/mol. The summed E-state index contributed by atoms with van der Waals surface area (Å²) in [6.07, 6.45) is 4.15. The van der Waals surface area contributed by atoms with Crippen LogP contribution in [0.5, 0.6) is 0 Å². The summed E-state index contributed by atoms with van der Waals surface area (Å²) in [4.78, 5) is 4.42. The van der Waals surface area contributed by atoms with E-state index in [9.17, 15) is 0 Å².